The Kier molecular flexibility index (Phi) is 5.02. The lowest BCUT2D eigenvalue weighted by Crippen LogP contribution is -2.54. The Balaban J connectivity index is 2.81. The molecule has 1 unspecified atom stereocenters. The Morgan fingerprint density at radius 2 is 1.85 bits per heavy atom. The van der Waals surface area contributed by atoms with Crippen molar-refractivity contribution in [3.05, 3.63) is 0 Å². The number of urea groups is 1. The van der Waals surface area contributed by atoms with Crippen molar-refractivity contribution in [2.75, 3.05) is 19.6 Å². The zero-order valence-electron chi connectivity index (χ0n) is 12.8. The molecule has 0 bridgehead atoms. The molecule has 20 heavy (non-hydrogen) atoms. The first-order valence-electron chi connectivity index (χ1n) is 7.04. The van der Waals surface area contributed by atoms with E-state index in [2.05, 4.69) is 0 Å². The molecule has 0 aliphatic carbocycles. The van der Waals surface area contributed by atoms with Crippen molar-refractivity contribution in [2.45, 2.75) is 58.1 Å². The number of amides is 2. The summed E-state index contributed by atoms with van der Waals surface area (Å²) in [5, 5.41) is 19.0. The lowest BCUT2D eigenvalue weighted by molar-refractivity contribution is -0.138. The number of nitrogens with zero attached hydrogens (tertiary/aromatic N) is 2. The third kappa shape index (κ3) is 4.67. The number of carbonyl (C=O) groups is 2. The molecule has 1 aliphatic heterocycles. The molecule has 0 spiro atoms. The topological polar surface area (TPSA) is 81.1 Å². The van der Waals surface area contributed by atoms with Crippen LogP contribution in [0.15, 0.2) is 0 Å². The summed E-state index contributed by atoms with van der Waals surface area (Å²) in [7, 11) is 0. The van der Waals surface area contributed by atoms with Crippen molar-refractivity contribution >= 4 is 12.0 Å². The lowest BCUT2D eigenvalue weighted by atomic mass is 9.98. The number of aliphatic carboxylic acids is 1. The first-order valence-corrected chi connectivity index (χ1v) is 7.04. The maximum absolute atomic E-state index is 12.6. The Morgan fingerprint density at radius 1 is 1.25 bits per heavy atom. The molecule has 0 saturated carbocycles. The molecule has 6 heteroatoms. The molecule has 0 radical (unpaired) electrons. The second kappa shape index (κ2) is 5.99. The molecule has 1 rings (SSSR count). The van der Waals surface area contributed by atoms with Crippen molar-refractivity contribution < 1.29 is 19.8 Å². The predicted octanol–water partition coefficient (Wildman–Crippen LogP) is 1.53. The van der Waals surface area contributed by atoms with Crippen molar-refractivity contribution in [1.29, 1.82) is 0 Å². The predicted molar refractivity (Wildman–Crippen MR) is 75.5 cm³/mol. The molecule has 1 heterocycles. The molecule has 2 N–H and O–H groups in total. The van der Waals surface area contributed by atoms with E-state index in [9.17, 15) is 14.7 Å². The van der Waals surface area contributed by atoms with Gasteiger partial charge >= 0.3 is 12.0 Å². The third-order valence-electron chi connectivity index (χ3n) is 3.67. The highest BCUT2D eigenvalue weighted by atomic mass is 16.4. The van der Waals surface area contributed by atoms with Crippen LogP contribution in [0.3, 0.4) is 0 Å². The fourth-order valence-electron chi connectivity index (χ4n) is 2.35. The van der Waals surface area contributed by atoms with Gasteiger partial charge in [-0.05, 0) is 47.0 Å². The van der Waals surface area contributed by atoms with Crippen LogP contribution in [0, 0.1) is 0 Å². The van der Waals surface area contributed by atoms with Gasteiger partial charge in [0.15, 0.2) is 0 Å². The van der Waals surface area contributed by atoms with E-state index >= 15 is 0 Å². The van der Waals surface area contributed by atoms with Crippen LogP contribution in [0.5, 0.6) is 0 Å². The summed E-state index contributed by atoms with van der Waals surface area (Å²) in [6.45, 7) is 7.94. The van der Waals surface area contributed by atoms with Crippen LogP contribution in [0.25, 0.3) is 0 Å². The quantitative estimate of drug-likeness (QED) is 0.806. The average molecular weight is 286 g/mol. The van der Waals surface area contributed by atoms with Crippen molar-refractivity contribution in [3.8, 4) is 0 Å². The second-order valence-electron chi connectivity index (χ2n) is 6.77. The van der Waals surface area contributed by atoms with Gasteiger partial charge in [-0.25, -0.2) is 4.79 Å². The van der Waals surface area contributed by atoms with E-state index in [0.29, 0.717) is 25.9 Å². The summed E-state index contributed by atoms with van der Waals surface area (Å²) >= 11 is 0. The summed E-state index contributed by atoms with van der Waals surface area (Å²) in [5.41, 5.74) is -1.29. The molecule has 116 valence electrons. The van der Waals surface area contributed by atoms with Crippen LogP contribution in [0.2, 0.25) is 0 Å². The highest BCUT2D eigenvalue weighted by molar-refractivity contribution is 5.81. The largest absolute Gasteiger partial charge is 0.480 e. The van der Waals surface area contributed by atoms with Gasteiger partial charge in [0.2, 0.25) is 0 Å². The number of carbonyl (C=O) groups excluding carboxylic acids is 1. The van der Waals surface area contributed by atoms with Gasteiger partial charge in [-0.15, -0.1) is 0 Å². The fraction of sp³-hybridized carbons (Fsp3) is 0.857. The maximum atomic E-state index is 12.6. The number of likely N-dealkylation sites (tertiary alicyclic amines) is 1. The molecule has 0 aromatic heterocycles. The normalized spacial score (nSPS) is 24.1. The van der Waals surface area contributed by atoms with E-state index in [1.54, 1.807) is 11.8 Å². The van der Waals surface area contributed by atoms with Crippen LogP contribution >= 0.6 is 0 Å². The van der Waals surface area contributed by atoms with Gasteiger partial charge in [0.1, 0.15) is 6.54 Å². The number of hydrogen-bond donors (Lipinski definition) is 2. The zero-order chi connectivity index (χ0) is 15.6. The second-order valence-corrected chi connectivity index (χ2v) is 6.77. The van der Waals surface area contributed by atoms with Gasteiger partial charge in [0.05, 0.1) is 5.60 Å². The van der Waals surface area contributed by atoms with E-state index in [0.717, 1.165) is 6.42 Å². The van der Waals surface area contributed by atoms with Crippen molar-refractivity contribution in [3.63, 3.8) is 0 Å². The zero-order valence-corrected chi connectivity index (χ0v) is 12.8. The molecule has 6 nitrogen and oxygen atoms in total. The van der Waals surface area contributed by atoms with E-state index in [4.69, 9.17) is 5.11 Å². The van der Waals surface area contributed by atoms with Crippen LogP contribution in [0.1, 0.15) is 47.0 Å². The van der Waals surface area contributed by atoms with Gasteiger partial charge in [-0.1, -0.05) is 0 Å². The highest BCUT2D eigenvalue weighted by Crippen LogP contribution is 2.23. The molecular weight excluding hydrogens is 260 g/mol. The highest BCUT2D eigenvalue weighted by Gasteiger charge is 2.34. The van der Waals surface area contributed by atoms with Gasteiger partial charge in [-0.2, -0.15) is 0 Å². The van der Waals surface area contributed by atoms with E-state index in [1.165, 1.54) is 4.90 Å². The molecule has 1 saturated heterocycles. The van der Waals surface area contributed by atoms with Crippen molar-refractivity contribution in [2.24, 2.45) is 0 Å². The van der Waals surface area contributed by atoms with Crippen molar-refractivity contribution in [1.82, 2.24) is 9.80 Å². The Morgan fingerprint density at radius 3 is 2.35 bits per heavy atom. The van der Waals surface area contributed by atoms with Crippen LogP contribution in [-0.2, 0) is 4.79 Å². The summed E-state index contributed by atoms with van der Waals surface area (Å²) in [4.78, 5) is 26.5. The Hall–Kier alpha value is -1.30. The average Bonchev–Trinajstić information content (AvgIpc) is 2.44. The Labute approximate surface area is 120 Å². The number of carboxylic acids is 1. The van der Waals surface area contributed by atoms with Crippen LogP contribution in [-0.4, -0.2) is 62.8 Å². The van der Waals surface area contributed by atoms with Crippen LogP contribution < -0.4 is 0 Å². The van der Waals surface area contributed by atoms with Gasteiger partial charge in [-0.3, -0.25) is 4.79 Å². The molecular formula is C14H26N2O4. The molecule has 0 aromatic rings. The smallest absolute Gasteiger partial charge is 0.323 e. The molecule has 1 aliphatic rings. The lowest BCUT2D eigenvalue weighted by Gasteiger charge is -2.38. The SMILES string of the molecule is CC1(O)CCCN(C(=O)N(CC(=O)O)C(C)(C)C)CC1. The minimum atomic E-state index is -1.02. The summed E-state index contributed by atoms with van der Waals surface area (Å²) in [6.07, 6.45) is 1.90. The number of rotatable bonds is 2. The van der Waals surface area contributed by atoms with E-state index in [-0.39, 0.29) is 12.6 Å². The summed E-state index contributed by atoms with van der Waals surface area (Å²) in [6, 6.07) is -0.266. The molecule has 2 amide bonds. The number of aliphatic hydroxyl groups is 1. The minimum Gasteiger partial charge on any atom is -0.480 e. The first kappa shape index (κ1) is 16.8. The first-order chi connectivity index (χ1) is 9.03. The summed E-state index contributed by atoms with van der Waals surface area (Å²) in [5.74, 6) is -1.02. The fourth-order valence-corrected chi connectivity index (χ4v) is 2.35. The molecule has 1 fully saturated rings. The summed E-state index contributed by atoms with van der Waals surface area (Å²) < 4.78 is 0. The monoisotopic (exact) mass is 286 g/mol. The van der Waals surface area contributed by atoms with Gasteiger partial charge in [0.25, 0.3) is 0 Å². The number of carboxylic acid groups (broad SMARTS) is 1. The van der Waals surface area contributed by atoms with E-state index < -0.39 is 17.1 Å². The van der Waals surface area contributed by atoms with Gasteiger partial charge in [0, 0.05) is 18.6 Å². The molecule has 0 aromatic carbocycles. The van der Waals surface area contributed by atoms with Gasteiger partial charge < -0.3 is 20.0 Å². The number of hydrogen-bond acceptors (Lipinski definition) is 3. The standard InChI is InChI=1S/C14H26N2O4/c1-13(2,3)16(10-11(17)18)12(19)15-8-5-6-14(4,20)7-9-15/h20H,5-10H2,1-4H3,(H,17,18). The molecule has 1 atom stereocenters. The van der Waals surface area contributed by atoms with Crippen LogP contribution in [0.4, 0.5) is 4.79 Å². The Bertz CT molecular complexity index is 374. The minimum absolute atomic E-state index is 0.266. The third-order valence-corrected chi connectivity index (χ3v) is 3.67. The maximum Gasteiger partial charge on any atom is 0.323 e. The van der Waals surface area contributed by atoms with E-state index in [1.807, 2.05) is 20.8 Å².